The van der Waals surface area contributed by atoms with Crippen LogP contribution in [0.25, 0.3) is 11.8 Å². The van der Waals surface area contributed by atoms with Gasteiger partial charge in [0.15, 0.2) is 0 Å². The first-order valence-corrected chi connectivity index (χ1v) is 11.5. The summed E-state index contributed by atoms with van der Waals surface area (Å²) in [7, 11) is 0. The lowest BCUT2D eigenvalue weighted by molar-refractivity contribution is -0.112. The van der Waals surface area contributed by atoms with Crippen LogP contribution in [0.5, 0.6) is 0 Å². The fraction of sp³-hybridized carbons (Fsp3) is 0.231. The molecule has 1 amide bonds. The van der Waals surface area contributed by atoms with Crippen LogP contribution in [-0.4, -0.2) is 23.6 Å². The van der Waals surface area contributed by atoms with E-state index in [9.17, 15) is 10.1 Å². The molecule has 0 aliphatic carbocycles. The summed E-state index contributed by atoms with van der Waals surface area (Å²) in [6.45, 7) is 10.1. The number of nitrogens with one attached hydrogen (secondary N) is 1. The van der Waals surface area contributed by atoms with Crippen LogP contribution in [0.4, 0.5) is 11.4 Å². The lowest BCUT2D eigenvalue weighted by Crippen LogP contribution is -2.21. The Bertz CT molecular complexity index is 1230. The number of aryl methyl sites for hydroxylation is 1. The monoisotopic (exact) mass is 480 g/mol. The third-order valence-electron chi connectivity index (χ3n) is 5.57. The van der Waals surface area contributed by atoms with Gasteiger partial charge in [-0.1, -0.05) is 29.3 Å². The van der Waals surface area contributed by atoms with Crippen molar-refractivity contribution in [1.82, 2.24) is 4.57 Å². The summed E-state index contributed by atoms with van der Waals surface area (Å²) in [4.78, 5) is 15.0. The molecule has 0 aliphatic heterocycles. The van der Waals surface area contributed by atoms with Crippen molar-refractivity contribution in [3.63, 3.8) is 0 Å². The van der Waals surface area contributed by atoms with Crippen molar-refractivity contribution < 1.29 is 4.79 Å². The second kappa shape index (κ2) is 10.6. The van der Waals surface area contributed by atoms with Crippen molar-refractivity contribution in [2.45, 2.75) is 27.7 Å². The third-order valence-corrected chi connectivity index (χ3v) is 6.39. The summed E-state index contributed by atoms with van der Waals surface area (Å²) >= 11 is 12.2. The zero-order chi connectivity index (χ0) is 24.1. The van der Waals surface area contributed by atoms with Crippen LogP contribution in [0, 0.1) is 25.2 Å². The summed E-state index contributed by atoms with van der Waals surface area (Å²) < 4.78 is 2.11. The molecule has 0 radical (unpaired) electrons. The summed E-state index contributed by atoms with van der Waals surface area (Å²) in [5.74, 6) is -0.546. The highest BCUT2D eigenvalue weighted by molar-refractivity contribution is 6.44. The third kappa shape index (κ3) is 5.24. The molecule has 2 aromatic carbocycles. The maximum atomic E-state index is 12.7. The van der Waals surface area contributed by atoms with Crippen molar-refractivity contribution in [3.8, 4) is 11.8 Å². The van der Waals surface area contributed by atoms with E-state index in [1.807, 2.05) is 26.0 Å². The maximum absolute atomic E-state index is 12.7. The summed E-state index contributed by atoms with van der Waals surface area (Å²) in [5, 5.41) is 12.8. The normalized spacial score (nSPS) is 11.2. The number of carbonyl (C=O) groups is 1. The van der Waals surface area contributed by atoms with Crippen LogP contribution in [0.1, 0.15) is 30.8 Å². The highest BCUT2D eigenvalue weighted by atomic mass is 35.5. The van der Waals surface area contributed by atoms with Crippen LogP contribution in [0.15, 0.2) is 54.1 Å². The van der Waals surface area contributed by atoms with E-state index >= 15 is 0 Å². The van der Waals surface area contributed by atoms with Gasteiger partial charge in [0.1, 0.15) is 11.6 Å². The van der Waals surface area contributed by atoms with Gasteiger partial charge in [0, 0.05) is 35.9 Å². The van der Waals surface area contributed by atoms with Gasteiger partial charge in [0.25, 0.3) is 5.91 Å². The molecule has 170 valence electrons. The van der Waals surface area contributed by atoms with E-state index in [-0.39, 0.29) is 10.6 Å². The van der Waals surface area contributed by atoms with Gasteiger partial charge in [0.05, 0.1) is 15.7 Å². The average molecular weight is 481 g/mol. The van der Waals surface area contributed by atoms with E-state index in [0.717, 1.165) is 35.7 Å². The van der Waals surface area contributed by atoms with Gasteiger partial charge in [-0.2, -0.15) is 5.26 Å². The number of nitriles is 1. The number of carbonyl (C=O) groups excluding carboxylic acids is 1. The Hall–Kier alpha value is -3.20. The van der Waals surface area contributed by atoms with Crippen molar-refractivity contribution in [1.29, 1.82) is 5.26 Å². The van der Waals surface area contributed by atoms with Crippen molar-refractivity contribution in [3.05, 3.63) is 81.1 Å². The highest BCUT2D eigenvalue weighted by Crippen LogP contribution is 2.30. The number of nitrogens with zero attached hydrogens (tertiary/aromatic N) is 3. The molecule has 7 heteroatoms. The zero-order valence-corrected chi connectivity index (χ0v) is 20.6. The van der Waals surface area contributed by atoms with E-state index in [2.05, 4.69) is 52.9 Å². The Labute approximate surface area is 204 Å². The molecule has 1 aromatic heterocycles. The molecule has 0 saturated carbocycles. The lowest BCUT2D eigenvalue weighted by atomic mass is 10.1. The molecule has 3 aromatic rings. The highest BCUT2D eigenvalue weighted by Gasteiger charge is 2.16. The molecule has 1 N–H and O–H groups in total. The lowest BCUT2D eigenvalue weighted by Gasteiger charge is -2.21. The first-order chi connectivity index (χ1) is 15.8. The van der Waals surface area contributed by atoms with Gasteiger partial charge in [-0.05, 0) is 81.8 Å². The quantitative estimate of drug-likeness (QED) is 0.299. The van der Waals surface area contributed by atoms with Gasteiger partial charge >= 0.3 is 0 Å². The van der Waals surface area contributed by atoms with E-state index < -0.39 is 5.91 Å². The predicted molar refractivity (Wildman–Crippen MR) is 137 cm³/mol. The molecule has 0 aliphatic rings. The topological polar surface area (TPSA) is 61.1 Å². The number of hydrogen-bond acceptors (Lipinski definition) is 3. The molecular weight excluding hydrogens is 455 g/mol. The number of hydrogen-bond donors (Lipinski definition) is 1. The largest absolute Gasteiger partial charge is 0.372 e. The fourth-order valence-corrected chi connectivity index (χ4v) is 4.17. The molecule has 0 bridgehead atoms. The average Bonchev–Trinajstić information content (AvgIpc) is 3.09. The molecule has 1 heterocycles. The number of benzene rings is 2. The van der Waals surface area contributed by atoms with Crippen LogP contribution in [-0.2, 0) is 4.79 Å². The first kappa shape index (κ1) is 24.4. The van der Waals surface area contributed by atoms with E-state index in [4.69, 9.17) is 23.2 Å². The molecular formula is C26H26Cl2N4O. The Balaban J connectivity index is 1.91. The summed E-state index contributed by atoms with van der Waals surface area (Å²) in [6, 6.07) is 17.3. The summed E-state index contributed by atoms with van der Waals surface area (Å²) in [6.07, 6.45) is 1.59. The Morgan fingerprint density at radius 1 is 1.12 bits per heavy atom. The van der Waals surface area contributed by atoms with Crippen molar-refractivity contribution in [2.24, 2.45) is 0 Å². The standard InChI is InChI=1S/C26H26Cl2N4O/c1-5-31(6-2)21-10-12-22(13-11-21)32-17(3)14-19(18(32)4)15-20(16-29)26(33)30-24-9-7-8-23(27)25(24)28/h7-15H,5-6H2,1-4H3,(H,30,33)/b20-15-. The smallest absolute Gasteiger partial charge is 0.266 e. The van der Waals surface area contributed by atoms with Crippen LogP contribution < -0.4 is 10.2 Å². The Morgan fingerprint density at radius 2 is 1.79 bits per heavy atom. The number of amides is 1. The van der Waals surface area contributed by atoms with Gasteiger partial charge < -0.3 is 14.8 Å². The van der Waals surface area contributed by atoms with E-state index in [1.165, 1.54) is 5.69 Å². The minimum absolute atomic E-state index is 0.0248. The molecule has 33 heavy (non-hydrogen) atoms. The van der Waals surface area contributed by atoms with Crippen LogP contribution in [0.3, 0.4) is 0 Å². The van der Waals surface area contributed by atoms with Gasteiger partial charge in [-0.15, -0.1) is 0 Å². The van der Waals surface area contributed by atoms with Crippen LogP contribution >= 0.6 is 23.2 Å². The number of rotatable bonds is 7. The van der Waals surface area contributed by atoms with Gasteiger partial charge in [0.2, 0.25) is 0 Å². The SMILES string of the molecule is CCN(CC)c1ccc(-n2c(C)cc(/C=C(/C#N)C(=O)Nc3cccc(Cl)c3Cl)c2C)cc1. The first-order valence-electron chi connectivity index (χ1n) is 10.7. The van der Waals surface area contributed by atoms with Crippen LogP contribution in [0.2, 0.25) is 10.0 Å². The molecule has 0 unspecified atom stereocenters. The van der Waals surface area contributed by atoms with Gasteiger partial charge in [-0.25, -0.2) is 0 Å². The second-order valence-electron chi connectivity index (χ2n) is 7.58. The Kier molecular flexibility index (Phi) is 7.86. The van der Waals surface area contributed by atoms with Crippen molar-refractivity contribution >= 4 is 46.6 Å². The maximum Gasteiger partial charge on any atom is 0.266 e. The van der Waals surface area contributed by atoms with Crippen molar-refractivity contribution in [2.75, 3.05) is 23.3 Å². The minimum Gasteiger partial charge on any atom is -0.372 e. The molecule has 0 fully saturated rings. The van der Waals surface area contributed by atoms with E-state index in [1.54, 1.807) is 24.3 Å². The fourth-order valence-electron chi connectivity index (χ4n) is 3.83. The molecule has 3 rings (SSSR count). The molecule has 5 nitrogen and oxygen atoms in total. The second-order valence-corrected chi connectivity index (χ2v) is 8.36. The Morgan fingerprint density at radius 3 is 2.39 bits per heavy atom. The zero-order valence-electron chi connectivity index (χ0n) is 19.1. The predicted octanol–water partition coefficient (Wildman–Crippen LogP) is 6.79. The molecule has 0 spiro atoms. The summed E-state index contributed by atoms with van der Waals surface area (Å²) in [5.41, 5.74) is 5.26. The van der Waals surface area contributed by atoms with Gasteiger partial charge in [-0.3, -0.25) is 4.79 Å². The van der Waals surface area contributed by atoms with E-state index in [0.29, 0.717) is 10.7 Å². The molecule has 0 saturated heterocycles. The number of anilines is 2. The number of halogens is 2. The number of aromatic nitrogens is 1. The minimum atomic E-state index is -0.546. The molecule has 0 atom stereocenters.